The van der Waals surface area contributed by atoms with Crippen LogP contribution in [0.15, 0.2) is 78.9 Å². The average molecular weight is 303 g/mol. The van der Waals surface area contributed by atoms with E-state index in [1.165, 1.54) is 28.2 Å². The molecule has 0 unspecified atom stereocenters. The molecule has 1 nitrogen and oxygen atoms in total. The molecule has 3 aromatic rings. The Kier molecular flexibility index (Phi) is 5.99. The van der Waals surface area contributed by atoms with Crippen LogP contribution in [0, 0.1) is 13.8 Å². The minimum Gasteiger partial charge on any atom is -0.310 e. The zero-order chi connectivity index (χ0) is 16.7. The minimum atomic E-state index is 1.18. The fourth-order valence-electron chi connectivity index (χ4n) is 2.51. The molecule has 0 heterocycles. The van der Waals surface area contributed by atoms with E-state index >= 15 is 0 Å². The van der Waals surface area contributed by atoms with Crippen LogP contribution in [0.2, 0.25) is 0 Å². The monoisotopic (exact) mass is 303 g/mol. The molecule has 0 N–H and O–H groups in total. The predicted octanol–water partition coefficient (Wildman–Crippen LogP) is 6.80. The lowest BCUT2D eigenvalue weighted by Crippen LogP contribution is -2.11. The van der Waals surface area contributed by atoms with Crippen molar-refractivity contribution < 1.29 is 0 Å². The number of para-hydroxylation sites is 2. The van der Waals surface area contributed by atoms with Crippen LogP contribution in [-0.2, 0) is 0 Å². The van der Waals surface area contributed by atoms with Crippen LogP contribution in [0.25, 0.3) is 0 Å². The Hall–Kier alpha value is -2.54. The van der Waals surface area contributed by atoms with E-state index < -0.39 is 0 Å². The Morgan fingerprint density at radius 2 is 1.09 bits per heavy atom. The summed E-state index contributed by atoms with van der Waals surface area (Å²) in [5.41, 5.74) is 6.11. The van der Waals surface area contributed by atoms with E-state index in [4.69, 9.17) is 0 Å². The molecule has 0 aliphatic heterocycles. The molecule has 0 saturated carbocycles. The highest BCUT2D eigenvalue weighted by Gasteiger charge is 2.13. The van der Waals surface area contributed by atoms with Crippen LogP contribution in [-0.4, -0.2) is 0 Å². The van der Waals surface area contributed by atoms with Gasteiger partial charge in [-0.05, 0) is 49.7 Å². The molecule has 0 amide bonds. The van der Waals surface area contributed by atoms with Gasteiger partial charge in [-0.2, -0.15) is 0 Å². The maximum absolute atomic E-state index is 2.30. The molecule has 0 spiro atoms. The van der Waals surface area contributed by atoms with Crippen LogP contribution in [0.4, 0.5) is 17.1 Å². The topological polar surface area (TPSA) is 3.24 Å². The van der Waals surface area contributed by atoms with Crippen LogP contribution in [0.5, 0.6) is 0 Å². The van der Waals surface area contributed by atoms with Gasteiger partial charge in [-0.1, -0.05) is 67.9 Å². The van der Waals surface area contributed by atoms with Gasteiger partial charge in [-0.25, -0.2) is 0 Å². The summed E-state index contributed by atoms with van der Waals surface area (Å²) in [7, 11) is 0. The molecule has 0 aliphatic rings. The molecule has 118 valence electrons. The number of hydrogen-bond donors (Lipinski definition) is 0. The second kappa shape index (κ2) is 8.19. The summed E-state index contributed by atoms with van der Waals surface area (Å²) in [6, 6.07) is 27.7. The first kappa shape index (κ1) is 16.8. The van der Waals surface area contributed by atoms with Crippen molar-refractivity contribution in [2.45, 2.75) is 27.7 Å². The number of nitrogens with zero attached hydrogens (tertiary/aromatic N) is 1. The Bertz CT molecular complexity index is 714. The van der Waals surface area contributed by atoms with Gasteiger partial charge in [-0.3, -0.25) is 0 Å². The van der Waals surface area contributed by atoms with Crippen molar-refractivity contribution in [3.63, 3.8) is 0 Å². The summed E-state index contributed by atoms with van der Waals surface area (Å²) in [5, 5.41) is 0. The van der Waals surface area contributed by atoms with Crippen LogP contribution < -0.4 is 4.90 Å². The zero-order valence-electron chi connectivity index (χ0n) is 14.5. The lowest BCUT2D eigenvalue weighted by molar-refractivity contribution is 1.24. The highest BCUT2D eigenvalue weighted by molar-refractivity contribution is 5.78. The summed E-state index contributed by atoms with van der Waals surface area (Å²) >= 11 is 0. The highest BCUT2D eigenvalue weighted by Crippen LogP contribution is 2.35. The van der Waals surface area contributed by atoms with E-state index in [-0.39, 0.29) is 0 Å². The van der Waals surface area contributed by atoms with Gasteiger partial charge >= 0.3 is 0 Å². The summed E-state index contributed by atoms with van der Waals surface area (Å²) in [4.78, 5) is 2.30. The summed E-state index contributed by atoms with van der Waals surface area (Å²) in [5.74, 6) is 0. The first-order chi connectivity index (χ1) is 11.3. The molecular weight excluding hydrogens is 278 g/mol. The first-order valence-electron chi connectivity index (χ1n) is 8.23. The third-order valence-corrected chi connectivity index (χ3v) is 3.66. The van der Waals surface area contributed by atoms with Gasteiger partial charge in [-0.15, -0.1) is 0 Å². The third-order valence-electron chi connectivity index (χ3n) is 3.66. The standard InChI is InChI=1S/C20H19N.C2H6/c1-16-12-14-19(15-13-16)21(18-9-4-3-5-10-18)20-11-7-6-8-17(20)2;1-2/h3-15H,1-2H3;1-2H3. The second-order valence-corrected chi connectivity index (χ2v) is 5.29. The second-order valence-electron chi connectivity index (χ2n) is 5.29. The van der Waals surface area contributed by atoms with E-state index in [0.29, 0.717) is 0 Å². The van der Waals surface area contributed by atoms with E-state index in [0.717, 1.165) is 0 Å². The summed E-state index contributed by atoms with van der Waals surface area (Å²) < 4.78 is 0. The summed E-state index contributed by atoms with van der Waals surface area (Å²) in [6.07, 6.45) is 0. The number of anilines is 3. The largest absolute Gasteiger partial charge is 0.310 e. The van der Waals surface area contributed by atoms with Crippen molar-refractivity contribution in [2.24, 2.45) is 0 Å². The van der Waals surface area contributed by atoms with Crippen LogP contribution in [0.3, 0.4) is 0 Å². The third kappa shape index (κ3) is 4.01. The van der Waals surface area contributed by atoms with Crippen LogP contribution in [0.1, 0.15) is 25.0 Å². The number of hydrogen-bond acceptors (Lipinski definition) is 1. The fraction of sp³-hybridized carbons (Fsp3) is 0.182. The van der Waals surface area contributed by atoms with Crippen molar-refractivity contribution in [1.29, 1.82) is 0 Å². The molecule has 0 fully saturated rings. The van der Waals surface area contributed by atoms with Gasteiger partial charge in [0.15, 0.2) is 0 Å². The highest BCUT2D eigenvalue weighted by atomic mass is 15.1. The number of rotatable bonds is 3. The first-order valence-corrected chi connectivity index (χ1v) is 8.23. The number of benzene rings is 3. The Morgan fingerprint density at radius 3 is 1.70 bits per heavy atom. The lowest BCUT2D eigenvalue weighted by atomic mass is 10.1. The van der Waals surface area contributed by atoms with Gasteiger partial charge in [0.2, 0.25) is 0 Å². The van der Waals surface area contributed by atoms with Crippen molar-refractivity contribution in [3.05, 3.63) is 90.0 Å². The molecule has 0 aliphatic carbocycles. The molecule has 23 heavy (non-hydrogen) atoms. The molecule has 3 rings (SSSR count). The van der Waals surface area contributed by atoms with Gasteiger partial charge in [0.05, 0.1) is 0 Å². The smallest absolute Gasteiger partial charge is 0.0490 e. The molecular formula is C22H25N. The minimum absolute atomic E-state index is 1.18. The van der Waals surface area contributed by atoms with E-state index in [1.54, 1.807) is 0 Å². The molecule has 0 aromatic heterocycles. The Labute approximate surface area is 140 Å². The molecule has 0 radical (unpaired) electrons. The van der Waals surface area contributed by atoms with Crippen molar-refractivity contribution in [2.75, 3.05) is 4.90 Å². The molecule has 0 atom stereocenters. The zero-order valence-corrected chi connectivity index (χ0v) is 14.5. The van der Waals surface area contributed by atoms with Gasteiger partial charge in [0.25, 0.3) is 0 Å². The van der Waals surface area contributed by atoms with Gasteiger partial charge < -0.3 is 4.90 Å². The Morgan fingerprint density at radius 1 is 0.565 bits per heavy atom. The molecule has 0 saturated heterocycles. The van der Waals surface area contributed by atoms with E-state index in [1.807, 2.05) is 13.8 Å². The molecule has 1 heteroatoms. The summed E-state index contributed by atoms with van der Waals surface area (Å²) in [6.45, 7) is 8.27. The van der Waals surface area contributed by atoms with Gasteiger partial charge in [0.1, 0.15) is 0 Å². The number of aryl methyl sites for hydroxylation is 2. The molecule has 3 aromatic carbocycles. The van der Waals surface area contributed by atoms with Crippen molar-refractivity contribution >= 4 is 17.1 Å². The van der Waals surface area contributed by atoms with Crippen molar-refractivity contribution in [1.82, 2.24) is 0 Å². The average Bonchev–Trinajstić information content (AvgIpc) is 2.61. The Balaban J connectivity index is 0.000000924. The van der Waals surface area contributed by atoms with Crippen LogP contribution >= 0.6 is 0 Å². The fourth-order valence-corrected chi connectivity index (χ4v) is 2.51. The maximum atomic E-state index is 2.30. The molecule has 0 bridgehead atoms. The normalized spacial score (nSPS) is 9.74. The quantitative estimate of drug-likeness (QED) is 0.514. The SMILES string of the molecule is CC.Cc1ccc(N(c2ccccc2)c2ccccc2C)cc1. The van der Waals surface area contributed by atoms with E-state index in [9.17, 15) is 0 Å². The lowest BCUT2D eigenvalue weighted by Gasteiger charge is -2.27. The predicted molar refractivity (Wildman–Crippen MR) is 102 cm³/mol. The maximum Gasteiger partial charge on any atom is 0.0490 e. The van der Waals surface area contributed by atoms with Crippen molar-refractivity contribution in [3.8, 4) is 0 Å². The van der Waals surface area contributed by atoms with E-state index in [2.05, 4.69) is 97.6 Å². The van der Waals surface area contributed by atoms with Gasteiger partial charge in [0, 0.05) is 17.1 Å².